The third kappa shape index (κ3) is 3.73. The Kier molecular flexibility index (Phi) is 4.94. The van der Waals surface area contributed by atoms with Crippen LogP contribution in [0.2, 0.25) is 0 Å². The molecule has 0 amide bonds. The summed E-state index contributed by atoms with van der Waals surface area (Å²) in [5, 5.41) is 8.91. The first-order valence-electron chi connectivity index (χ1n) is 6.02. The average Bonchev–Trinajstić information content (AvgIpc) is 2.35. The van der Waals surface area contributed by atoms with Gasteiger partial charge in [-0.15, -0.1) is 0 Å². The van der Waals surface area contributed by atoms with E-state index in [4.69, 9.17) is 5.11 Å². The number of hydrogen-bond acceptors (Lipinski definition) is 3. The predicted molar refractivity (Wildman–Crippen MR) is 68.5 cm³/mol. The SMILES string of the molecule is CCC(C)CN(CC)c1ccnc(C(=O)O)c1. The summed E-state index contributed by atoms with van der Waals surface area (Å²) < 4.78 is 0. The van der Waals surface area contributed by atoms with Crippen molar-refractivity contribution in [2.45, 2.75) is 27.2 Å². The Balaban J connectivity index is 2.88. The molecule has 1 N–H and O–H groups in total. The van der Waals surface area contributed by atoms with Gasteiger partial charge in [-0.25, -0.2) is 9.78 Å². The number of anilines is 1. The Morgan fingerprint density at radius 3 is 2.76 bits per heavy atom. The lowest BCUT2D eigenvalue weighted by atomic mass is 10.1. The molecule has 0 aromatic carbocycles. The van der Waals surface area contributed by atoms with E-state index in [1.807, 2.05) is 6.07 Å². The van der Waals surface area contributed by atoms with Crippen molar-refractivity contribution in [3.05, 3.63) is 24.0 Å². The maximum atomic E-state index is 10.9. The molecule has 4 heteroatoms. The number of hydrogen-bond donors (Lipinski definition) is 1. The molecule has 0 aliphatic carbocycles. The van der Waals surface area contributed by atoms with E-state index in [0.717, 1.165) is 25.2 Å². The molecule has 1 aromatic heterocycles. The van der Waals surface area contributed by atoms with E-state index >= 15 is 0 Å². The third-order valence-electron chi connectivity index (χ3n) is 2.94. The highest BCUT2D eigenvalue weighted by atomic mass is 16.4. The topological polar surface area (TPSA) is 53.4 Å². The number of carbonyl (C=O) groups is 1. The fourth-order valence-electron chi connectivity index (χ4n) is 1.66. The number of aromatic nitrogens is 1. The molecule has 0 saturated carbocycles. The first-order valence-corrected chi connectivity index (χ1v) is 6.02. The second-order valence-corrected chi connectivity index (χ2v) is 4.26. The van der Waals surface area contributed by atoms with Crippen LogP contribution in [0.4, 0.5) is 5.69 Å². The zero-order chi connectivity index (χ0) is 12.8. The van der Waals surface area contributed by atoms with Crippen LogP contribution < -0.4 is 4.90 Å². The molecule has 0 bridgehead atoms. The van der Waals surface area contributed by atoms with Crippen molar-refractivity contribution >= 4 is 11.7 Å². The number of aromatic carboxylic acids is 1. The first-order chi connectivity index (χ1) is 8.08. The maximum Gasteiger partial charge on any atom is 0.354 e. The van der Waals surface area contributed by atoms with Crippen LogP contribution in [-0.2, 0) is 0 Å². The summed E-state index contributed by atoms with van der Waals surface area (Å²) >= 11 is 0. The molecule has 1 aromatic rings. The molecule has 1 unspecified atom stereocenters. The van der Waals surface area contributed by atoms with E-state index in [2.05, 4.69) is 30.7 Å². The largest absolute Gasteiger partial charge is 0.477 e. The summed E-state index contributed by atoms with van der Waals surface area (Å²) in [4.78, 5) is 16.9. The minimum Gasteiger partial charge on any atom is -0.477 e. The summed E-state index contributed by atoms with van der Waals surface area (Å²) in [5.74, 6) is -0.386. The number of carboxylic acids is 1. The highest BCUT2D eigenvalue weighted by molar-refractivity contribution is 5.86. The van der Waals surface area contributed by atoms with E-state index in [-0.39, 0.29) is 5.69 Å². The second kappa shape index (κ2) is 6.23. The Morgan fingerprint density at radius 2 is 2.24 bits per heavy atom. The van der Waals surface area contributed by atoms with Gasteiger partial charge in [0.05, 0.1) is 0 Å². The van der Waals surface area contributed by atoms with Crippen LogP contribution in [0.1, 0.15) is 37.7 Å². The van der Waals surface area contributed by atoms with Crippen LogP contribution in [0, 0.1) is 5.92 Å². The Hall–Kier alpha value is -1.58. The molecule has 1 rings (SSSR count). The fourth-order valence-corrected chi connectivity index (χ4v) is 1.66. The zero-order valence-electron chi connectivity index (χ0n) is 10.7. The molecule has 0 aliphatic heterocycles. The van der Waals surface area contributed by atoms with E-state index in [1.165, 1.54) is 0 Å². The van der Waals surface area contributed by atoms with Gasteiger partial charge < -0.3 is 10.0 Å². The van der Waals surface area contributed by atoms with Crippen LogP contribution in [0.3, 0.4) is 0 Å². The molecule has 1 atom stereocenters. The van der Waals surface area contributed by atoms with Gasteiger partial charge in [0, 0.05) is 25.0 Å². The minimum absolute atomic E-state index is 0.102. The van der Waals surface area contributed by atoms with Crippen molar-refractivity contribution < 1.29 is 9.90 Å². The molecule has 0 saturated heterocycles. The Bertz CT molecular complexity index is 379. The van der Waals surface area contributed by atoms with Crippen molar-refractivity contribution in [2.75, 3.05) is 18.0 Å². The van der Waals surface area contributed by atoms with Crippen molar-refractivity contribution in [3.8, 4) is 0 Å². The number of rotatable bonds is 6. The summed E-state index contributed by atoms with van der Waals surface area (Å²) in [6.45, 7) is 8.24. The van der Waals surface area contributed by atoms with Crippen LogP contribution >= 0.6 is 0 Å². The standard InChI is InChI=1S/C13H20N2O2/c1-4-10(3)9-15(5-2)11-6-7-14-12(8-11)13(16)17/h6-8,10H,4-5,9H2,1-3H3,(H,16,17). The molecule has 0 spiro atoms. The van der Waals surface area contributed by atoms with Crippen LogP contribution in [0.5, 0.6) is 0 Å². The van der Waals surface area contributed by atoms with Gasteiger partial charge in [-0.05, 0) is 25.0 Å². The van der Waals surface area contributed by atoms with E-state index in [1.54, 1.807) is 12.3 Å². The summed E-state index contributed by atoms with van der Waals surface area (Å²) in [6, 6.07) is 3.49. The highest BCUT2D eigenvalue weighted by Crippen LogP contribution is 2.17. The third-order valence-corrected chi connectivity index (χ3v) is 2.94. The molecule has 94 valence electrons. The number of nitrogens with zero attached hydrogens (tertiary/aromatic N) is 2. The predicted octanol–water partition coefficient (Wildman–Crippen LogP) is 2.65. The summed E-state index contributed by atoms with van der Waals surface area (Å²) in [5.41, 5.74) is 1.03. The minimum atomic E-state index is -0.980. The molecule has 0 fully saturated rings. The van der Waals surface area contributed by atoms with E-state index < -0.39 is 5.97 Å². The molecule has 4 nitrogen and oxygen atoms in total. The smallest absolute Gasteiger partial charge is 0.354 e. The Labute approximate surface area is 102 Å². The maximum absolute atomic E-state index is 10.9. The quantitative estimate of drug-likeness (QED) is 0.825. The monoisotopic (exact) mass is 236 g/mol. The molecular formula is C13H20N2O2. The lowest BCUT2D eigenvalue weighted by molar-refractivity contribution is 0.0690. The van der Waals surface area contributed by atoms with Crippen molar-refractivity contribution in [3.63, 3.8) is 0 Å². The summed E-state index contributed by atoms with van der Waals surface area (Å²) in [7, 11) is 0. The van der Waals surface area contributed by atoms with Crippen LogP contribution in [0.15, 0.2) is 18.3 Å². The van der Waals surface area contributed by atoms with Gasteiger partial charge in [0.25, 0.3) is 0 Å². The van der Waals surface area contributed by atoms with E-state index in [9.17, 15) is 4.79 Å². The van der Waals surface area contributed by atoms with Gasteiger partial charge in [0.15, 0.2) is 0 Å². The van der Waals surface area contributed by atoms with Crippen molar-refractivity contribution in [2.24, 2.45) is 5.92 Å². The van der Waals surface area contributed by atoms with Gasteiger partial charge >= 0.3 is 5.97 Å². The fraction of sp³-hybridized carbons (Fsp3) is 0.538. The van der Waals surface area contributed by atoms with Crippen molar-refractivity contribution in [1.29, 1.82) is 0 Å². The second-order valence-electron chi connectivity index (χ2n) is 4.26. The van der Waals surface area contributed by atoms with Gasteiger partial charge in [-0.2, -0.15) is 0 Å². The van der Waals surface area contributed by atoms with Gasteiger partial charge in [0.2, 0.25) is 0 Å². The van der Waals surface area contributed by atoms with Gasteiger partial charge in [-0.1, -0.05) is 20.3 Å². The first kappa shape index (κ1) is 13.5. The molecule has 17 heavy (non-hydrogen) atoms. The normalized spacial score (nSPS) is 12.2. The van der Waals surface area contributed by atoms with Crippen LogP contribution in [0.25, 0.3) is 0 Å². The molecule has 0 aliphatic rings. The zero-order valence-corrected chi connectivity index (χ0v) is 10.7. The Morgan fingerprint density at radius 1 is 1.53 bits per heavy atom. The lowest BCUT2D eigenvalue weighted by Gasteiger charge is -2.26. The van der Waals surface area contributed by atoms with Gasteiger partial charge in [0.1, 0.15) is 5.69 Å². The molecule has 0 radical (unpaired) electrons. The average molecular weight is 236 g/mol. The van der Waals surface area contributed by atoms with Gasteiger partial charge in [-0.3, -0.25) is 0 Å². The van der Waals surface area contributed by atoms with E-state index in [0.29, 0.717) is 5.92 Å². The number of carboxylic acid groups (broad SMARTS) is 1. The molecule has 1 heterocycles. The number of pyridine rings is 1. The highest BCUT2D eigenvalue weighted by Gasteiger charge is 2.11. The lowest BCUT2D eigenvalue weighted by Crippen LogP contribution is -2.28. The van der Waals surface area contributed by atoms with Crippen LogP contribution in [-0.4, -0.2) is 29.1 Å². The molecular weight excluding hydrogens is 216 g/mol. The summed E-state index contributed by atoms with van der Waals surface area (Å²) in [6.07, 6.45) is 2.67. The van der Waals surface area contributed by atoms with Crippen molar-refractivity contribution in [1.82, 2.24) is 4.98 Å².